The number of hydrogen-bond donors (Lipinski definition) is 1. The molecule has 0 bridgehead atoms. The van der Waals surface area contributed by atoms with Crippen LogP contribution >= 0.6 is 34.5 Å². The molecular weight excluding hydrogens is 335 g/mol. The van der Waals surface area contributed by atoms with Crippen LogP contribution in [0, 0.1) is 0 Å². The fraction of sp³-hybridized carbons (Fsp3) is 0.462. The summed E-state index contributed by atoms with van der Waals surface area (Å²) in [6.07, 6.45) is 1.40. The highest BCUT2D eigenvalue weighted by Gasteiger charge is 2.32. The summed E-state index contributed by atoms with van der Waals surface area (Å²) in [6, 6.07) is 0.954. The maximum Gasteiger partial charge on any atom is 0.240 e. The van der Waals surface area contributed by atoms with Crippen molar-refractivity contribution in [1.82, 2.24) is 4.90 Å². The summed E-state index contributed by atoms with van der Waals surface area (Å²) in [7, 11) is 0. The van der Waals surface area contributed by atoms with Gasteiger partial charge in [-0.3, -0.25) is 14.4 Å². The maximum absolute atomic E-state index is 12.1. The second kappa shape index (κ2) is 6.77. The van der Waals surface area contributed by atoms with E-state index in [2.05, 4.69) is 0 Å². The zero-order chi connectivity index (χ0) is 15.6. The van der Waals surface area contributed by atoms with Crippen LogP contribution in [0.5, 0.6) is 0 Å². The Labute approximate surface area is 136 Å². The van der Waals surface area contributed by atoms with Gasteiger partial charge in [0, 0.05) is 24.9 Å². The minimum atomic E-state index is -0.549. The molecular formula is C13H14Cl2N2O3S. The first kappa shape index (κ1) is 16.3. The molecule has 0 radical (unpaired) electrons. The van der Waals surface area contributed by atoms with Crippen molar-refractivity contribution in [3.05, 3.63) is 20.3 Å². The van der Waals surface area contributed by atoms with E-state index in [0.717, 1.165) is 17.8 Å². The van der Waals surface area contributed by atoms with Gasteiger partial charge in [0.15, 0.2) is 5.78 Å². The summed E-state index contributed by atoms with van der Waals surface area (Å²) < 4.78 is 0.761. The number of rotatable bonds is 5. The number of amides is 2. The number of carbonyl (C=O) groups is 3. The molecule has 1 fully saturated rings. The predicted octanol–water partition coefficient (Wildman–Crippen LogP) is 2.49. The molecule has 21 heavy (non-hydrogen) atoms. The van der Waals surface area contributed by atoms with Gasteiger partial charge in [-0.15, -0.1) is 11.3 Å². The molecule has 1 aromatic rings. The van der Waals surface area contributed by atoms with E-state index in [9.17, 15) is 14.4 Å². The third-order valence-corrected chi connectivity index (χ3v) is 4.91. The van der Waals surface area contributed by atoms with Crippen LogP contribution < -0.4 is 5.73 Å². The average Bonchev–Trinajstić information content (AvgIpc) is 3.02. The number of primary amides is 1. The van der Waals surface area contributed by atoms with E-state index >= 15 is 0 Å². The van der Waals surface area contributed by atoms with Crippen molar-refractivity contribution in [1.29, 1.82) is 0 Å². The quantitative estimate of drug-likeness (QED) is 0.830. The van der Waals surface area contributed by atoms with Crippen molar-refractivity contribution in [2.24, 2.45) is 5.73 Å². The van der Waals surface area contributed by atoms with E-state index in [4.69, 9.17) is 28.9 Å². The first-order valence-corrected chi connectivity index (χ1v) is 8.04. The fourth-order valence-corrected chi connectivity index (χ4v) is 3.89. The number of ketones is 1. The summed E-state index contributed by atoms with van der Waals surface area (Å²) in [4.78, 5) is 36.8. The molecule has 0 unspecified atom stereocenters. The lowest BCUT2D eigenvalue weighted by Crippen LogP contribution is -2.43. The van der Waals surface area contributed by atoms with Gasteiger partial charge in [0.25, 0.3) is 0 Å². The molecule has 0 saturated carbocycles. The van der Waals surface area contributed by atoms with E-state index in [-0.39, 0.29) is 24.5 Å². The third kappa shape index (κ3) is 3.75. The van der Waals surface area contributed by atoms with Gasteiger partial charge in [-0.25, -0.2) is 0 Å². The zero-order valence-electron chi connectivity index (χ0n) is 11.1. The van der Waals surface area contributed by atoms with Crippen molar-refractivity contribution < 1.29 is 14.4 Å². The van der Waals surface area contributed by atoms with Crippen LogP contribution in [-0.2, 0) is 9.59 Å². The second-order valence-corrected chi connectivity index (χ2v) is 7.09. The zero-order valence-corrected chi connectivity index (χ0v) is 13.4. The standard InChI is InChI=1S/C13H14Cl2N2O3S/c14-10-6-7(12(15)21-10)9(18)3-4-11(19)17-5-1-2-8(17)13(16)20/h6,8H,1-5H2,(H2,16,20)/t8-/m1/s1. The summed E-state index contributed by atoms with van der Waals surface area (Å²) in [5.41, 5.74) is 5.61. The highest BCUT2D eigenvalue weighted by molar-refractivity contribution is 7.20. The van der Waals surface area contributed by atoms with Crippen LogP contribution in [-0.4, -0.2) is 35.1 Å². The normalized spacial score (nSPS) is 18.0. The topological polar surface area (TPSA) is 80.5 Å². The van der Waals surface area contributed by atoms with Crippen LogP contribution in [0.1, 0.15) is 36.0 Å². The maximum atomic E-state index is 12.1. The van der Waals surface area contributed by atoms with Gasteiger partial charge in [0.05, 0.1) is 4.34 Å². The number of nitrogens with zero attached hydrogens (tertiary/aromatic N) is 1. The lowest BCUT2D eigenvalue weighted by molar-refractivity contribution is -0.137. The van der Waals surface area contributed by atoms with Gasteiger partial charge < -0.3 is 10.6 Å². The second-order valence-electron chi connectivity index (χ2n) is 4.81. The smallest absolute Gasteiger partial charge is 0.240 e. The molecule has 0 spiro atoms. The van der Waals surface area contributed by atoms with Gasteiger partial charge >= 0.3 is 0 Å². The predicted molar refractivity (Wildman–Crippen MR) is 81.8 cm³/mol. The number of carbonyl (C=O) groups excluding carboxylic acids is 3. The van der Waals surface area contributed by atoms with Crippen LogP contribution in [0.2, 0.25) is 8.67 Å². The molecule has 1 aromatic heterocycles. The van der Waals surface area contributed by atoms with E-state index in [0.29, 0.717) is 27.2 Å². The molecule has 114 valence electrons. The highest BCUT2D eigenvalue weighted by Crippen LogP contribution is 2.32. The van der Waals surface area contributed by atoms with Crippen molar-refractivity contribution in [3.63, 3.8) is 0 Å². The Morgan fingerprint density at radius 1 is 1.33 bits per heavy atom. The van der Waals surface area contributed by atoms with Crippen LogP contribution in [0.15, 0.2) is 6.07 Å². The fourth-order valence-electron chi connectivity index (χ4n) is 2.39. The van der Waals surface area contributed by atoms with E-state index in [1.807, 2.05) is 0 Å². The van der Waals surface area contributed by atoms with Gasteiger partial charge in [-0.1, -0.05) is 23.2 Å². The number of halogens is 2. The van der Waals surface area contributed by atoms with E-state index in [1.165, 1.54) is 11.0 Å². The summed E-state index contributed by atoms with van der Waals surface area (Å²) >= 11 is 12.8. The molecule has 2 amide bonds. The first-order chi connectivity index (χ1) is 9.90. The van der Waals surface area contributed by atoms with Crippen molar-refractivity contribution in [3.8, 4) is 0 Å². The Bertz CT molecular complexity index is 588. The molecule has 1 aliphatic heterocycles. The van der Waals surface area contributed by atoms with Crippen LogP contribution in [0.4, 0.5) is 0 Å². The molecule has 2 rings (SSSR count). The third-order valence-electron chi connectivity index (χ3n) is 3.42. The summed E-state index contributed by atoms with van der Waals surface area (Å²) in [6.45, 7) is 0.506. The Morgan fingerprint density at radius 3 is 2.62 bits per heavy atom. The minimum Gasteiger partial charge on any atom is -0.368 e. The van der Waals surface area contributed by atoms with Crippen molar-refractivity contribution in [2.75, 3.05) is 6.54 Å². The van der Waals surface area contributed by atoms with Crippen LogP contribution in [0.3, 0.4) is 0 Å². The number of hydrogen-bond acceptors (Lipinski definition) is 4. The van der Waals surface area contributed by atoms with Gasteiger partial charge in [0.1, 0.15) is 10.4 Å². The number of nitrogens with two attached hydrogens (primary N) is 1. The van der Waals surface area contributed by atoms with Gasteiger partial charge in [-0.05, 0) is 18.9 Å². The Hall–Kier alpha value is -1.11. The van der Waals surface area contributed by atoms with Gasteiger partial charge in [-0.2, -0.15) is 0 Å². The lowest BCUT2D eigenvalue weighted by Gasteiger charge is -2.21. The molecule has 1 saturated heterocycles. The van der Waals surface area contributed by atoms with Gasteiger partial charge in [0.2, 0.25) is 11.8 Å². The summed E-state index contributed by atoms with van der Waals surface area (Å²) in [5, 5.41) is 0. The first-order valence-electron chi connectivity index (χ1n) is 6.47. The number of likely N-dealkylation sites (tertiary alicyclic amines) is 1. The molecule has 0 aromatic carbocycles. The molecule has 0 aliphatic carbocycles. The number of thiophene rings is 1. The lowest BCUT2D eigenvalue weighted by atomic mass is 10.1. The highest BCUT2D eigenvalue weighted by atomic mass is 35.5. The van der Waals surface area contributed by atoms with E-state index in [1.54, 1.807) is 0 Å². The molecule has 2 N–H and O–H groups in total. The SMILES string of the molecule is NC(=O)[C@H]1CCCN1C(=O)CCC(=O)c1cc(Cl)sc1Cl. The molecule has 8 heteroatoms. The Balaban J connectivity index is 1.93. The van der Waals surface area contributed by atoms with E-state index < -0.39 is 11.9 Å². The van der Waals surface area contributed by atoms with Crippen molar-refractivity contribution in [2.45, 2.75) is 31.7 Å². The molecule has 5 nitrogen and oxygen atoms in total. The Morgan fingerprint density at radius 2 is 2.05 bits per heavy atom. The number of Topliss-reactive ketones (excluding diaryl/α,β-unsaturated/α-hetero) is 1. The molecule has 2 heterocycles. The molecule has 1 aliphatic rings. The largest absolute Gasteiger partial charge is 0.368 e. The average molecular weight is 349 g/mol. The minimum absolute atomic E-state index is 0.0341. The van der Waals surface area contributed by atoms with Crippen molar-refractivity contribution >= 4 is 52.1 Å². The Kier molecular flexibility index (Phi) is 5.24. The van der Waals surface area contributed by atoms with Crippen LogP contribution in [0.25, 0.3) is 0 Å². The molecule has 1 atom stereocenters. The summed E-state index contributed by atoms with van der Waals surface area (Å²) in [5.74, 6) is -0.965. The monoisotopic (exact) mass is 348 g/mol.